The van der Waals surface area contributed by atoms with Gasteiger partial charge in [-0.25, -0.2) is 5.43 Å². The van der Waals surface area contributed by atoms with E-state index in [1.807, 2.05) is 0 Å². The molecular formula is C15H15F3N2O. The van der Waals surface area contributed by atoms with Crippen LogP contribution in [-0.2, 0) is 6.18 Å². The van der Waals surface area contributed by atoms with Gasteiger partial charge in [-0.3, -0.25) is 5.84 Å². The highest BCUT2D eigenvalue weighted by atomic mass is 19.4. The molecule has 1 atom stereocenters. The normalized spacial score (nSPS) is 13.0. The van der Waals surface area contributed by atoms with Crippen LogP contribution in [0.15, 0.2) is 48.5 Å². The number of hydrazine groups is 1. The summed E-state index contributed by atoms with van der Waals surface area (Å²) in [4.78, 5) is 0. The minimum absolute atomic E-state index is 0.0812. The fourth-order valence-corrected chi connectivity index (χ4v) is 2.17. The minimum Gasteiger partial charge on any atom is -0.497 e. The number of nitrogens with one attached hydrogen (secondary N) is 1. The molecule has 3 N–H and O–H groups in total. The molecule has 0 radical (unpaired) electrons. The SMILES string of the molecule is COc1ccc(C(NN)c2ccccc2C(F)(F)F)cc1. The van der Waals surface area contributed by atoms with Gasteiger partial charge in [0.2, 0.25) is 0 Å². The molecule has 0 aliphatic carbocycles. The van der Waals surface area contributed by atoms with Crippen LogP contribution in [0.3, 0.4) is 0 Å². The second kappa shape index (κ2) is 6.15. The van der Waals surface area contributed by atoms with E-state index in [1.54, 1.807) is 30.3 Å². The predicted octanol–water partition coefficient (Wildman–Crippen LogP) is 3.27. The number of halogens is 3. The summed E-state index contributed by atoms with van der Waals surface area (Å²) in [5, 5.41) is 0. The molecule has 2 aromatic rings. The first-order chi connectivity index (χ1) is 9.97. The van der Waals surface area contributed by atoms with E-state index in [9.17, 15) is 13.2 Å². The van der Waals surface area contributed by atoms with Crippen molar-refractivity contribution < 1.29 is 17.9 Å². The van der Waals surface area contributed by atoms with E-state index in [2.05, 4.69) is 5.43 Å². The second-order valence-corrected chi connectivity index (χ2v) is 4.46. The zero-order chi connectivity index (χ0) is 15.5. The Morgan fingerprint density at radius 2 is 1.67 bits per heavy atom. The van der Waals surface area contributed by atoms with Gasteiger partial charge in [0.05, 0.1) is 18.7 Å². The minimum atomic E-state index is -4.43. The van der Waals surface area contributed by atoms with Crippen molar-refractivity contribution in [3.8, 4) is 5.75 Å². The van der Waals surface area contributed by atoms with Gasteiger partial charge in [-0.15, -0.1) is 0 Å². The molecule has 21 heavy (non-hydrogen) atoms. The highest BCUT2D eigenvalue weighted by molar-refractivity contribution is 5.40. The Morgan fingerprint density at radius 3 is 2.19 bits per heavy atom. The van der Waals surface area contributed by atoms with Gasteiger partial charge < -0.3 is 4.74 Å². The number of ether oxygens (including phenoxy) is 1. The summed E-state index contributed by atoms with van der Waals surface area (Å²) in [6.45, 7) is 0. The molecule has 2 rings (SSSR count). The van der Waals surface area contributed by atoms with Crippen LogP contribution in [0.4, 0.5) is 13.2 Å². The fraction of sp³-hybridized carbons (Fsp3) is 0.200. The van der Waals surface area contributed by atoms with Crippen LogP contribution in [-0.4, -0.2) is 7.11 Å². The first-order valence-electron chi connectivity index (χ1n) is 6.23. The Labute approximate surface area is 120 Å². The molecule has 3 nitrogen and oxygen atoms in total. The van der Waals surface area contributed by atoms with Crippen LogP contribution < -0.4 is 16.0 Å². The summed E-state index contributed by atoms with van der Waals surface area (Å²) in [5.41, 5.74) is 2.44. The van der Waals surface area contributed by atoms with E-state index in [-0.39, 0.29) is 5.56 Å². The van der Waals surface area contributed by atoms with Crippen LogP contribution >= 0.6 is 0 Å². The van der Waals surface area contributed by atoms with Crippen molar-refractivity contribution in [2.24, 2.45) is 5.84 Å². The molecule has 0 fully saturated rings. The van der Waals surface area contributed by atoms with Crippen LogP contribution in [0.2, 0.25) is 0 Å². The average molecular weight is 296 g/mol. The quantitative estimate of drug-likeness (QED) is 0.672. The number of methoxy groups -OCH3 is 1. The maximum atomic E-state index is 13.1. The molecule has 0 aliphatic heterocycles. The second-order valence-electron chi connectivity index (χ2n) is 4.46. The number of hydrogen-bond donors (Lipinski definition) is 2. The van der Waals surface area contributed by atoms with Crippen LogP contribution in [0.5, 0.6) is 5.75 Å². The molecule has 1 unspecified atom stereocenters. The number of hydrogen-bond acceptors (Lipinski definition) is 3. The molecule has 0 saturated carbocycles. The van der Waals surface area contributed by atoms with E-state index in [0.29, 0.717) is 11.3 Å². The van der Waals surface area contributed by atoms with Crippen molar-refractivity contribution in [2.75, 3.05) is 7.11 Å². The Hall–Kier alpha value is -2.05. The summed E-state index contributed by atoms with van der Waals surface area (Å²) in [7, 11) is 1.52. The van der Waals surface area contributed by atoms with Gasteiger partial charge in [0.15, 0.2) is 0 Å². The summed E-state index contributed by atoms with van der Waals surface area (Å²) in [5.74, 6) is 6.09. The van der Waals surface area contributed by atoms with Gasteiger partial charge in [-0.05, 0) is 29.3 Å². The number of nitrogens with two attached hydrogens (primary N) is 1. The molecule has 0 heterocycles. The summed E-state index contributed by atoms with van der Waals surface area (Å²) < 4.78 is 44.3. The van der Waals surface area contributed by atoms with Crippen molar-refractivity contribution >= 4 is 0 Å². The zero-order valence-corrected chi connectivity index (χ0v) is 11.3. The lowest BCUT2D eigenvalue weighted by Crippen LogP contribution is -2.30. The molecule has 0 saturated heterocycles. The molecule has 6 heteroatoms. The summed E-state index contributed by atoms with van der Waals surface area (Å²) in [6, 6.07) is 11.3. The highest BCUT2D eigenvalue weighted by Gasteiger charge is 2.35. The first kappa shape index (κ1) is 15.3. The lowest BCUT2D eigenvalue weighted by molar-refractivity contribution is -0.138. The largest absolute Gasteiger partial charge is 0.497 e. The van der Waals surface area contributed by atoms with Gasteiger partial charge in [0.1, 0.15) is 5.75 Å². The number of benzene rings is 2. The molecule has 0 spiro atoms. The number of alkyl halides is 3. The number of rotatable bonds is 4. The third kappa shape index (κ3) is 3.34. The van der Waals surface area contributed by atoms with Crippen molar-refractivity contribution in [3.63, 3.8) is 0 Å². The summed E-state index contributed by atoms with van der Waals surface area (Å²) >= 11 is 0. The Kier molecular flexibility index (Phi) is 4.50. The van der Waals surface area contributed by atoms with E-state index in [1.165, 1.54) is 19.2 Å². The lowest BCUT2D eigenvalue weighted by Gasteiger charge is -2.21. The molecule has 0 aromatic heterocycles. The van der Waals surface area contributed by atoms with Crippen molar-refractivity contribution in [3.05, 3.63) is 65.2 Å². The molecule has 0 amide bonds. The Morgan fingerprint density at radius 1 is 1.05 bits per heavy atom. The van der Waals surface area contributed by atoms with Crippen LogP contribution in [0.25, 0.3) is 0 Å². The van der Waals surface area contributed by atoms with E-state index < -0.39 is 17.8 Å². The molecular weight excluding hydrogens is 281 g/mol. The third-order valence-corrected chi connectivity index (χ3v) is 3.19. The van der Waals surface area contributed by atoms with E-state index >= 15 is 0 Å². The van der Waals surface area contributed by atoms with Crippen LogP contribution in [0, 0.1) is 0 Å². The van der Waals surface area contributed by atoms with E-state index in [4.69, 9.17) is 10.6 Å². The van der Waals surface area contributed by atoms with Gasteiger partial charge in [0, 0.05) is 0 Å². The third-order valence-electron chi connectivity index (χ3n) is 3.19. The standard InChI is InChI=1S/C15H15F3N2O/c1-21-11-8-6-10(7-9-11)14(20-19)12-4-2-3-5-13(12)15(16,17)18/h2-9,14,20H,19H2,1H3. The molecule has 0 bridgehead atoms. The maximum Gasteiger partial charge on any atom is 0.416 e. The fourth-order valence-electron chi connectivity index (χ4n) is 2.17. The predicted molar refractivity (Wildman–Crippen MR) is 73.6 cm³/mol. The smallest absolute Gasteiger partial charge is 0.416 e. The Balaban J connectivity index is 2.46. The maximum absolute atomic E-state index is 13.1. The zero-order valence-electron chi connectivity index (χ0n) is 11.3. The molecule has 112 valence electrons. The average Bonchev–Trinajstić information content (AvgIpc) is 2.48. The molecule has 0 aliphatic rings. The lowest BCUT2D eigenvalue weighted by atomic mass is 9.94. The van der Waals surface area contributed by atoms with Gasteiger partial charge in [-0.1, -0.05) is 30.3 Å². The molecule has 2 aromatic carbocycles. The topological polar surface area (TPSA) is 47.3 Å². The van der Waals surface area contributed by atoms with Crippen molar-refractivity contribution in [1.29, 1.82) is 0 Å². The van der Waals surface area contributed by atoms with E-state index in [0.717, 1.165) is 6.07 Å². The van der Waals surface area contributed by atoms with Crippen molar-refractivity contribution in [1.82, 2.24) is 5.43 Å². The Bertz CT molecular complexity index is 597. The van der Waals surface area contributed by atoms with Crippen molar-refractivity contribution in [2.45, 2.75) is 12.2 Å². The highest BCUT2D eigenvalue weighted by Crippen LogP contribution is 2.36. The van der Waals surface area contributed by atoms with Gasteiger partial charge >= 0.3 is 6.18 Å². The monoisotopic (exact) mass is 296 g/mol. The van der Waals surface area contributed by atoms with Gasteiger partial charge in [0.25, 0.3) is 0 Å². The summed E-state index contributed by atoms with van der Waals surface area (Å²) in [6.07, 6.45) is -4.43. The van der Waals surface area contributed by atoms with Gasteiger partial charge in [-0.2, -0.15) is 13.2 Å². The van der Waals surface area contributed by atoms with Crippen LogP contribution in [0.1, 0.15) is 22.7 Å². The first-order valence-corrected chi connectivity index (χ1v) is 6.23.